The van der Waals surface area contributed by atoms with Crippen molar-refractivity contribution in [2.45, 2.75) is 26.2 Å². The number of likely N-dealkylation sites (tertiary alicyclic amines) is 1. The van der Waals surface area contributed by atoms with Crippen LogP contribution in [0.3, 0.4) is 0 Å². The van der Waals surface area contributed by atoms with Gasteiger partial charge >= 0.3 is 0 Å². The third-order valence-corrected chi connectivity index (χ3v) is 8.22. The van der Waals surface area contributed by atoms with Gasteiger partial charge in [-0.05, 0) is 38.1 Å². The van der Waals surface area contributed by atoms with Crippen LogP contribution in [0.4, 0.5) is 0 Å². The van der Waals surface area contributed by atoms with Gasteiger partial charge in [0.15, 0.2) is 0 Å². The van der Waals surface area contributed by atoms with Crippen molar-refractivity contribution in [3.05, 3.63) is 47.9 Å². The molecule has 2 aliphatic carbocycles. The van der Waals surface area contributed by atoms with Crippen LogP contribution in [-0.2, 0) is 20.8 Å². The number of fused-ring (bicyclic) bond motifs is 5. The Morgan fingerprint density at radius 3 is 2.33 bits per heavy atom. The number of hydrogen-bond acceptors (Lipinski definition) is 7. The molecule has 3 heterocycles. The fourth-order valence-corrected chi connectivity index (χ4v) is 6.21. The molecule has 3 amide bonds. The molecular formula is C27H31N5O4. The summed E-state index contributed by atoms with van der Waals surface area (Å²) >= 11 is 0. The Kier molecular flexibility index (Phi) is 5.95. The Labute approximate surface area is 210 Å². The van der Waals surface area contributed by atoms with Crippen molar-refractivity contribution < 1.29 is 18.9 Å². The summed E-state index contributed by atoms with van der Waals surface area (Å²) in [5, 5.41) is 4.09. The molecule has 188 valence electrons. The second kappa shape index (κ2) is 9.28. The van der Waals surface area contributed by atoms with E-state index in [0.717, 1.165) is 38.0 Å². The number of aryl methyl sites for hydroxylation is 2. The average molecular weight is 490 g/mol. The maximum absolute atomic E-state index is 12.9. The summed E-state index contributed by atoms with van der Waals surface area (Å²) in [6.45, 7) is 5.55. The van der Waals surface area contributed by atoms with Crippen LogP contribution in [-0.4, -0.2) is 81.8 Å². The van der Waals surface area contributed by atoms with E-state index < -0.39 is 0 Å². The van der Waals surface area contributed by atoms with Gasteiger partial charge in [-0.2, -0.15) is 4.98 Å². The molecular weight excluding hydrogens is 458 g/mol. The molecule has 2 saturated heterocycles. The van der Waals surface area contributed by atoms with Crippen LogP contribution in [0, 0.1) is 30.6 Å². The third-order valence-electron chi connectivity index (χ3n) is 8.22. The highest BCUT2D eigenvalue weighted by Gasteiger charge is 2.59. The Morgan fingerprint density at radius 1 is 1.00 bits per heavy atom. The van der Waals surface area contributed by atoms with Crippen molar-refractivity contribution in [2.75, 3.05) is 39.3 Å². The highest BCUT2D eigenvalue weighted by atomic mass is 16.5. The second-order valence-corrected chi connectivity index (χ2v) is 10.5. The lowest BCUT2D eigenvalue weighted by atomic mass is 9.85. The van der Waals surface area contributed by atoms with Gasteiger partial charge in [0.1, 0.15) is 6.54 Å². The van der Waals surface area contributed by atoms with E-state index in [4.69, 9.17) is 4.52 Å². The molecule has 1 saturated carbocycles. The van der Waals surface area contributed by atoms with E-state index in [1.807, 2.05) is 31.2 Å². The zero-order valence-corrected chi connectivity index (χ0v) is 20.5. The third kappa shape index (κ3) is 4.15. The first-order chi connectivity index (χ1) is 17.5. The number of amides is 3. The van der Waals surface area contributed by atoms with Gasteiger partial charge < -0.3 is 9.42 Å². The summed E-state index contributed by atoms with van der Waals surface area (Å²) in [4.78, 5) is 48.5. The largest absolute Gasteiger partial charge is 0.339 e. The lowest BCUT2D eigenvalue weighted by Gasteiger charge is -2.35. The molecule has 3 fully saturated rings. The summed E-state index contributed by atoms with van der Waals surface area (Å²) in [6, 6.07) is 8.05. The summed E-state index contributed by atoms with van der Waals surface area (Å²) in [6.07, 6.45) is 6.64. The maximum atomic E-state index is 12.9. The van der Waals surface area contributed by atoms with Crippen LogP contribution in [0.2, 0.25) is 0 Å². The number of nitrogens with zero attached hydrogens (tertiary/aromatic N) is 5. The number of carbonyl (C=O) groups excluding carboxylic acids is 3. The summed E-state index contributed by atoms with van der Waals surface area (Å²) in [7, 11) is 0. The van der Waals surface area contributed by atoms with Crippen molar-refractivity contribution >= 4 is 17.7 Å². The smallest absolute Gasteiger partial charge is 0.242 e. The number of rotatable bonds is 7. The molecule has 0 spiro atoms. The Morgan fingerprint density at radius 2 is 1.67 bits per heavy atom. The van der Waals surface area contributed by atoms with Crippen LogP contribution in [0.5, 0.6) is 0 Å². The minimum atomic E-state index is -0.246. The monoisotopic (exact) mass is 489 g/mol. The fourth-order valence-electron chi connectivity index (χ4n) is 6.21. The van der Waals surface area contributed by atoms with Crippen LogP contribution >= 0.6 is 0 Å². The maximum Gasteiger partial charge on any atom is 0.242 e. The second-order valence-electron chi connectivity index (χ2n) is 10.5. The topological polar surface area (TPSA) is 99.9 Å². The molecule has 4 aliphatic rings. The first-order valence-corrected chi connectivity index (χ1v) is 12.9. The number of imide groups is 1. The van der Waals surface area contributed by atoms with Crippen LogP contribution in [0.1, 0.15) is 24.3 Å². The molecule has 4 unspecified atom stereocenters. The summed E-state index contributed by atoms with van der Waals surface area (Å²) in [5.41, 5.74) is 2.13. The molecule has 36 heavy (non-hydrogen) atoms. The minimum absolute atomic E-state index is 0.120. The molecule has 1 aromatic heterocycles. The lowest BCUT2D eigenvalue weighted by molar-refractivity contribution is -0.147. The number of benzene rings is 1. The van der Waals surface area contributed by atoms with Gasteiger partial charge in [0.25, 0.3) is 0 Å². The van der Waals surface area contributed by atoms with Crippen LogP contribution in [0.25, 0.3) is 11.4 Å². The standard InChI is InChI=1S/C27H31N5O4/c1-17-4-6-18(7-5-17)25-28-21(36-29-25)3-2-10-30-11-13-31(14-12-30)22(33)16-32-26(34)23-19-8-9-20(15-19)24(23)27(32)35/h4-9,19-20,23-24H,2-3,10-16H2,1H3. The van der Waals surface area contributed by atoms with E-state index in [9.17, 15) is 14.4 Å². The predicted octanol–water partition coefficient (Wildman–Crippen LogP) is 1.93. The van der Waals surface area contributed by atoms with Crippen LogP contribution < -0.4 is 0 Å². The molecule has 1 aromatic carbocycles. The van der Waals surface area contributed by atoms with Crippen molar-refractivity contribution in [3.63, 3.8) is 0 Å². The van der Waals surface area contributed by atoms with Crippen molar-refractivity contribution in [1.82, 2.24) is 24.8 Å². The highest BCUT2D eigenvalue weighted by molar-refractivity contribution is 6.08. The van der Waals surface area contributed by atoms with Gasteiger partial charge in [0.05, 0.1) is 11.8 Å². The van der Waals surface area contributed by atoms with Crippen LogP contribution in [0.15, 0.2) is 40.9 Å². The number of carbonyl (C=O) groups is 3. The summed E-state index contributed by atoms with van der Waals surface area (Å²) < 4.78 is 5.42. The molecule has 2 aliphatic heterocycles. The first kappa shape index (κ1) is 23.1. The summed E-state index contributed by atoms with van der Waals surface area (Å²) in [5.74, 6) is 0.648. The molecule has 0 radical (unpaired) electrons. The number of piperazine rings is 1. The normalized spacial score (nSPS) is 27.4. The molecule has 9 nitrogen and oxygen atoms in total. The predicted molar refractivity (Wildman–Crippen MR) is 130 cm³/mol. The van der Waals surface area contributed by atoms with E-state index in [-0.39, 0.29) is 47.9 Å². The van der Waals surface area contributed by atoms with Gasteiger partial charge in [-0.1, -0.05) is 47.1 Å². The SMILES string of the molecule is Cc1ccc(-c2noc(CCCN3CCN(C(=O)CN4C(=O)C5C6C=CC(C6)C5C4=O)CC3)n2)cc1. The highest BCUT2D eigenvalue weighted by Crippen LogP contribution is 2.52. The number of hydrogen-bond donors (Lipinski definition) is 0. The Hall–Kier alpha value is -3.33. The molecule has 0 N–H and O–H groups in total. The molecule has 9 heteroatoms. The average Bonchev–Trinajstić information content (AvgIpc) is 3.67. The van der Waals surface area contributed by atoms with E-state index in [0.29, 0.717) is 31.2 Å². The van der Waals surface area contributed by atoms with Gasteiger partial charge in [-0.25, -0.2) is 0 Å². The first-order valence-electron chi connectivity index (χ1n) is 12.9. The zero-order chi connectivity index (χ0) is 24.8. The Balaban J connectivity index is 0.943. The molecule has 2 bridgehead atoms. The van der Waals surface area contributed by atoms with Crippen molar-refractivity contribution in [1.29, 1.82) is 0 Å². The molecule has 4 atom stereocenters. The minimum Gasteiger partial charge on any atom is -0.339 e. The Bertz CT molecular complexity index is 1170. The molecule has 2 aromatic rings. The van der Waals surface area contributed by atoms with E-state index in [1.165, 1.54) is 10.5 Å². The molecule has 6 rings (SSSR count). The van der Waals surface area contributed by atoms with Gasteiger partial charge in [-0.3, -0.25) is 24.2 Å². The van der Waals surface area contributed by atoms with Gasteiger partial charge in [0.2, 0.25) is 29.4 Å². The lowest BCUT2D eigenvalue weighted by Crippen LogP contribution is -2.52. The van der Waals surface area contributed by atoms with Crippen molar-refractivity contribution in [3.8, 4) is 11.4 Å². The fraction of sp³-hybridized carbons (Fsp3) is 0.519. The van der Waals surface area contributed by atoms with Crippen molar-refractivity contribution in [2.24, 2.45) is 23.7 Å². The van der Waals surface area contributed by atoms with E-state index in [2.05, 4.69) is 27.2 Å². The number of allylic oxidation sites excluding steroid dienone is 2. The van der Waals surface area contributed by atoms with E-state index in [1.54, 1.807) is 4.90 Å². The quantitative estimate of drug-likeness (QED) is 0.433. The van der Waals surface area contributed by atoms with E-state index >= 15 is 0 Å². The van der Waals surface area contributed by atoms with Gasteiger partial charge in [0, 0.05) is 38.2 Å². The number of aromatic nitrogens is 2. The zero-order valence-electron chi connectivity index (χ0n) is 20.5. The van der Waals surface area contributed by atoms with Gasteiger partial charge in [-0.15, -0.1) is 0 Å².